The molecule has 0 spiro atoms. The Balaban J connectivity index is 1.81. The number of non-ortho nitro benzene ring substituents is 1. The maximum Gasteiger partial charge on any atom is 0.269 e. The molecule has 1 amide bonds. The molecule has 7 heteroatoms. The number of benzene rings is 2. The van der Waals surface area contributed by atoms with E-state index in [2.05, 4.69) is 5.32 Å². The first-order valence-corrected chi connectivity index (χ1v) is 6.99. The highest BCUT2D eigenvalue weighted by molar-refractivity contribution is 7.99. The minimum absolute atomic E-state index is 0.0616. The first-order chi connectivity index (χ1) is 10.0. The molecule has 0 saturated carbocycles. The van der Waals surface area contributed by atoms with Crippen LogP contribution in [0.2, 0.25) is 0 Å². The van der Waals surface area contributed by atoms with Gasteiger partial charge in [-0.2, -0.15) is 0 Å². The van der Waals surface area contributed by atoms with Gasteiger partial charge in [0, 0.05) is 33.2 Å². The van der Waals surface area contributed by atoms with Crippen LogP contribution < -0.4 is 11.1 Å². The minimum Gasteiger partial charge on any atom is -0.324 e. The molecule has 0 saturated heterocycles. The second-order valence-electron chi connectivity index (χ2n) is 4.57. The lowest BCUT2D eigenvalue weighted by Gasteiger charge is -2.05. The van der Waals surface area contributed by atoms with Crippen molar-refractivity contribution < 1.29 is 9.72 Å². The molecular weight excluding hydrogens is 290 g/mol. The molecule has 3 N–H and O–H groups in total. The fraction of sp³-hybridized carbons (Fsp3) is 0.0714. The van der Waals surface area contributed by atoms with E-state index in [9.17, 15) is 14.9 Å². The molecule has 21 heavy (non-hydrogen) atoms. The summed E-state index contributed by atoms with van der Waals surface area (Å²) >= 11 is 1.46. The summed E-state index contributed by atoms with van der Waals surface area (Å²) in [6, 6.07) is 11.3. The van der Waals surface area contributed by atoms with Crippen LogP contribution in [0.1, 0.15) is 11.6 Å². The van der Waals surface area contributed by atoms with Gasteiger partial charge in [-0.25, -0.2) is 0 Å². The zero-order valence-corrected chi connectivity index (χ0v) is 11.6. The average molecular weight is 301 g/mol. The van der Waals surface area contributed by atoms with Gasteiger partial charge in [-0.3, -0.25) is 14.9 Å². The predicted molar refractivity (Wildman–Crippen MR) is 79.2 cm³/mol. The third-order valence-corrected chi connectivity index (χ3v) is 4.18. The summed E-state index contributed by atoms with van der Waals surface area (Å²) in [5, 5.41) is 13.3. The first-order valence-electron chi connectivity index (χ1n) is 6.17. The van der Waals surface area contributed by atoms with E-state index in [1.165, 1.54) is 23.9 Å². The quantitative estimate of drug-likeness (QED) is 0.671. The van der Waals surface area contributed by atoms with Gasteiger partial charge in [0.2, 0.25) is 5.91 Å². The molecule has 1 unspecified atom stereocenters. The van der Waals surface area contributed by atoms with Crippen molar-refractivity contribution in [3.05, 3.63) is 58.1 Å². The molecule has 1 aliphatic rings. The van der Waals surface area contributed by atoms with E-state index >= 15 is 0 Å². The van der Waals surface area contributed by atoms with Gasteiger partial charge in [0.15, 0.2) is 0 Å². The van der Waals surface area contributed by atoms with Gasteiger partial charge in [-0.05, 0) is 24.3 Å². The Labute approximate surface area is 124 Å². The summed E-state index contributed by atoms with van der Waals surface area (Å²) in [4.78, 5) is 23.5. The highest BCUT2D eigenvalue weighted by Gasteiger charge is 2.26. The van der Waals surface area contributed by atoms with Crippen molar-refractivity contribution in [2.24, 2.45) is 5.73 Å². The Morgan fingerprint density at radius 1 is 1.14 bits per heavy atom. The molecule has 2 aromatic carbocycles. The van der Waals surface area contributed by atoms with Gasteiger partial charge in [-0.15, -0.1) is 0 Å². The minimum atomic E-state index is -0.613. The van der Waals surface area contributed by atoms with Crippen LogP contribution in [0.25, 0.3) is 0 Å². The standard InChI is InChI=1S/C14H11N3O3S/c15-13-11-6-5-10(7-12(11)16-14(13)18)21-9-3-1-8(2-4-9)17(19)20/h1-7,13H,15H2,(H,16,18). The van der Waals surface area contributed by atoms with Crippen LogP contribution in [0.5, 0.6) is 0 Å². The van der Waals surface area contributed by atoms with Crippen LogP contribution in [0, 0.1) is 10.1 Å². The number of nitrogens with zero attached hydrogens (tertiary/aromatic N) is 1. The molecule has 0 radical (unpaired) electrons. The fourth-order valence-corrected chi connectivity index (χ4v) is 2.96. The number of anilines is 1. The number of carbonyl (C=O) groups is 1. The number of nitro benzene ring substituents is 1. The lowest BCUT2D eigenvalue weighted by atomic mass is 10.1. The smallest absolute Gasteiger partial charge is 0.269 e. The van der Waals surface area contributed by atoms with Crippen LogP contribution >= 0.6 is 11.8 Å². The van der Waals surface area contributed by atoms with Crippen LogP contribution in [0.4, 0.5) is 11.4 Å². The largest absolute Gasteiger partial charge is 0.324 e. The molecule has 1 atom stereocenters. The third-order valence-electron chi connectivity index (χ3n) is 3.18. The van der Waals surface area contributed by atoms with Crippen molar-refractivity contribution in [3.63, 3.8) is 0 Å². The number of amides is 1. The maximum atomic E-state index is 11.5. The number of nitrogens with two attached hydrogens (primary N) is 1. The Kier molecular flexibility index (Phi) is 3.36. The van der Waals surface area contributed by atoms with E-state index in [0.717, 1.165) is 21.0 Å². The molecule has 0 fully saturated rings. The lowest BCUT2D eigenvalue weighted by molar-refractivity contribution is -0.384. The van der Waals surface area contributed by atoms with E-state index in [0.29, 0.717) is 0 Å². The van der Waals surface area contributed by atoms with E-state index in [1.54, 1.807) is 12.1 Å². The summed E-state index contributed by atoms with van der Waals surface area (Å²) in [6.07, 6.45) is 0. The van der Waals surface area contributed by atoms with E-state index in [1.807, 2.05) is 18.2 Å². The van der Waals surface area contributed by atoms with Crippen molar-refractivity contribution in [2.75, 3.05) is 5.32 Å². The normalized spacial score (nSPS) is 16.4. The monoisotopic (exact) mass is 301 g/mol. The highest BCUT2D eigenvalue weighted by Crippen LogP contribution is 2.36. The van der Waals surface area contributed by atoms with E-state index in [-0.39, 0.29) is 11.6 Å². The van der Waals surface area contributed by atoms with Crippen molar-refractivity contribution in [1.82, 2.24) is 0 Å². The third kappa shape index (κ3) is 2.61. The first kappa shape index (κ1) is 13.6. The number of fused-ring (bicyclic) bond motifs is 1. The SMILES string of the molecule is NC1C(=O)Nc2cc(Sc3ccc([N+](=O)[O-])cc3)ccc21. The van der Waals surface area contributed by atoms with Crippen molar-refractivity contribution >= 4 is 29.0 Å². The summed E-state index contributed by atoms with van der Waals surface area (Å²) in [7, 11) is 0. The summed E-state index contributed by atoms with van der Waals surface area (Å²) < 4.78 is 0. The highest BCUT2D eigenvalue weighted by atomic mass is 32.2. The van der Waals surface area contributed by atoms with Crippen molar-refractivity contribution in [1.29, 1.82) is 0 Å². The summed E-state index contributed by atoms with van der Waals surface area (Å²) in [5.41, 5.74) is 7.32. The van der Waals surface area contributed by atoms with Crippen molar-refractivity contribution in [3.8, 4) is 0 Å². The number of hydrogen-bond acceptors (Lipinski definition) is 5. The van der Waals surface area contributed by atoms with Gasteiger partial charge >= 0.3 is 0 Å². The van der Waals surface area contributed by atoms with Gasteiger partial charge in [0.05, 0.1) is 4.92 Å². The molecule has 3 rings (SSSR count). The summed E-state index contributed by atoms with van der Waals surface area (Å²) in [5.74, 6) is -0.206. The molecule has 6 nitrogen and oxygen atoms in total. The van der Waals surface area contributed by atoms with Crippen LogP contribution in [-0.4, -0.2) is 10.8 Å². The van der Waals surface area contributed by atoms with Crippen LogP contribution in [-0.2, 0) is 4.79 Å². The van der Waals surface area contributed by atoms with Gasteiger partial charge < -0.3 is 11.1 Å². The molecule has 1 aliphatic heterocycles. The predicted octanol–water partition coefficient (Wildman–Crippen LogP) is 2.70. The summed E-state index contributed by atoms with van der Waals surface area (Å²) in [6.45, 7) is 0. The molecular formula is C14H11N3O3S. The molecule has 2 aromatic rings. The zero-order valence-electron chi connectivity index (χ0n) is 10.8. The second kappa shape index (κ2) is 5.19. The zero-order chi connectivity index (χ0) is 15.0. The molecule has 1 heterocycles. The number of nitro groups is 1. The topological polar surface area (TPSA) is 98.3 Å². The van der Waals surface area contributed by atoms with Crippen LogP contribution in [0.15, 0.2) is 52.3 Å². The molecule has 0 aliphatic carbocycles. The maximum absolute atomic E-state index is 11.5. The fourth-order valence-electron chi connectivity index (χ4n) is 2.10. The van der Waals surface area contributed by atoms with Gasteiger partial charge in [0.25, 0.3) is 5.69 Å². The average Bonchev–Trinajstić information content (AvgIpc) is 2.74. The molecule has 106 valence electrons. The molecule has 0 aromatic heterocycles. The van der Waals surface area contributed by atoms with Gasteiger partial charge in [0.1, 0.15) is 6.04 Å². The Hall–Kier alpha value is -2.38. The Morgan fingerprint density at radius 3 is 2.48 bits per heavy atom. The lowest BCUT2D eigenvalue weighted by Crippen LogP contribution is -2.19. The molecule has 0 bridgehead atoms. The Morgan fingerprint density at radius 2 is 1.81 bits per heavy atom. The second-order valence-corrected chi connectivity index (χ2v) is 5.72. The van der Waals surface area contributed by atoms with Crippen molar-refractivity contribution in [2.45, 2.75) is 15.8 Å². The number of nitrogens with one attached hydrogen (secondary N) is 1. The number of rotatable bonds is 3. The number of carbonyl (C=O) groups excluding carboxylic acids is 1. The van der Waals surface area contributed by atoms with Gasteiger partial charge in [-0.1, -0.05) is 17.8 Å². The Bertz CT molecular complexity index is 731. The van der Waals surface area contributed by atoms with E-state index < -0.39 is 11.0 Å². The van der Waals surface area contributed by atoms with Crippen LogP contribution in [0.3, 0.4) is 0 Å². The number of hydrogen-bond donors (Lipinski definition) is 2. The van der Waals surface area contributed by atoms with E-state index in [4.69, 9.17) is 5.73 Å².